The molecule has 2 heteroatoms. The van der Waals surface area contributed by atoms with Crippen LogP contribution >= 0.6 is 31.9 Å². The molecule has 0 saturated heterocycles. The lowest BCUT2D eigenvalue weighted by Crippen LogP contribution is -2.19. The zero-order chi connectivity index (χ0) is 7.83. The predicted octanol–water partition coefficient (Wildman–Crippen LogP) is 3.42. The van der Waals surface area contributed by atoms with E-state index in [0.717, 1.165) is 0 Å². The zero-order valence-electron chi connectivity index (χ0n) is 6.07. The summed E-state index contributed by atoms with van der Waals surface area (Å²) in [6, 6.07) is 0. The van der Waals surface area contributed by atoms with Gasteiger partial charge in [0.2, 0.25) is 0 Å². The van der Waals surface area contributed by atoms with Crippen molar-refractivity contribution in [3.63, 3.8) is 0 Å². The number of halogens is 2. The molecule has 0 spiro atoms. The van der Waals surface area contributed by atoms with E-state index in [2.05, 4.69) is 70.0 Å². The van der Waals surface area contributed by atoms with Crippen molar-refractivity contribution in [2.75, 3.05) is 0 Å². The second kappa shape index (κ2) is 2.49. The van der Waals surface area contributed by atoms with Gasteiger partial charge in [-0.1, -0.05) is 56.2 Å². The molecule has 0 radical (unpaired) electrons. The van der Waals surface area contributed by atoms with E-state index in [0.29, 0.717) is 0 Å². The van der Waals surface area contributed by atoms with E-state index in [1.54, 1.807) is 0 Å². The molecular formula is C8H10Br2. The van der Waals surface area contributed by atoms with Crippen LogP contribution in [0.1, 0.15) is 13.8 Å². The molecule has 0 unspecified atom stereocenters. The SMILES string of the molecule is CC1(Br)C=CC(C)(Br)C=C1. The van der Waals surface area contributed by atoms with Gasteiger partial charge in [0.25, 0.3) is 0 Å². The highest BCUT2D eigenvalue weighted by atomic mass is 79.9. The molecule has 0 aromatic carbocycles. The fourth-order valence-corrected chi connectivity index (χ4v) is 1.29. The van der Waals surface area contributed by atoms with Gasteiger partial charge in [-0.15, -0.1) is 0 Å². The third kappa shape index (κ3) is 2.24. The van der Waals surface area contributed by atoms with Gasteiger partial charge in [0.15, 0.2) is 0 Å². The molecule has 56 valence electrons. The molecule has 0 N–H and O–H groups in total. The van der Waals surface area contributed by atoms with Gasteiger partial charge in [-0.05, 0) is 13.8 Å². The molecule has 1 aliphatic carbocycles. The topological polar surface area (TPSA) is 0 Å². The molecule has 0 aromatic rings. The maximum Gasteiger partial charge on any atom is 0.0589 e. The van der Waals surface area contributed by atoms with Crippen molar-refractivity contribution in [2.45, 2.75) is 22.5 Å². The van der Waals surface area contributed by atoms with Crippen LogP contribution < -0.4 is 0 Å². The monoisotopic (exact) mass is 264 g/mol. The first-order valence-electron chi connectivity index (χ1n) is 3.20. The fraction of sp³-hybridized carbons (Fsp3) is 0.500. The van der Waals surface area contributed by atoms with Crippen LogP contribution in [0.3, 0.4) is 0 Å². The van der Waals surface area contributed by atoms with E-state index in [9.17, 15) is 0 Å². The van der Waals surface area contributed by atoms with E-state index >= 15 is 0 Å². The molecule has 0 nitrogen and oxygen atoms in total. The van der Waals surface area contributed by atoms with Crippen LogP contribution in [0.5, 0.6) is 0 Å². The maximum absolute atomic E-state index is 3.55. The van der Waals surface area contributed by atoms with E-state index in [1.165, 1.54) is 0 Å². The second-order valence-electron chi connectivity index (χ2n) is 2.97. The van der Waals surface area contributed by atoms with E-state index < -0.39 is 0 Å². The van der Waals surface area contributed by atoms with Crippen LogP contribution in [0.2, 0.25) is 0 Å². The standard InChI is InChI=1S/C8H10Br2/c1-7(9)3-5-8(2,10)6-4-7/h3-6H,1-2H3. The summed E-state index contributed by atoms with van der Waals surface area (Å²) < 4.78 is 0.112. The molecule has 0 bridgehead atoms. The van der Waals surface area contributed by atoms with E-state index in [4.69, 9.17) is 0 Å². The molecule has 0 atom stereocenters. The number of allylic oxidation sites excluding steroid dienone is 4. The van der Waals surface area contributed by atoms with Gasteiger partial charge in [-0.25, -0.2) is 0 Å². The van der Waals surface area contributed by atoms with Gasteiger partial charge in [-0.3, -0.25) is 0 Å². The van der Waals surface area contributed by atoms with Crippen LogP contribution in [0.25, 0.3) is 0 Å². The smallest absolute Gasteiger partial charge is 0.0589 e. The lowest BCUT2D eigenvalue weighted by molar-refractivity contribution is 0.918. The molecule has 0 saturated carbocycles. The van der Waals surface area contributed by atoms with Crippen molar-refractivity contribution < 1.29 is 0 Å². The Balaban J connectivity index is 2.81. The highest BCUT2D eigenvalue weighted by Crippen LogP contribution is 2.32. The lowest BCUT2D eigenvalue weighted by atomic mass is 9.99. The molecule has 0 heterocycles. The summed E-state index contributed by atoms with van der Waals surface area (Å²) in [5.74, 6) is 0. The average molecular weight is 266 g/mol. The summed E-state index contributed by atoms with van der Waals surface area (Å²) in [7, 11) is 0. The fourth-order valence-electron chi connectivity index (χ4n) is 0.763. The van der Waals surface area contributed by atoms with Crippen LogP contribution in [-0.2, 0) is 0 Å². The first kappa shape index (κ1) is 8.54. The normalized spacial score (nSPS) is 46.0. The van der Waals surface area contributed by atoms with Crippen LogP contribution in [0, 0.1) is 0 Å². The summed E-state index contributed by atoms with van der Waals surface area (Å²) in [5.41, 5.74) is 0. The van der Waals surface area contributed by atoms with Crippen LogP contribution in [-0.4, -0.2) is 8.65 Å². The minimum Gasteiger partial charge on any atom is -0.0765 e. The number of hydrogen-bond acceptors (Lipinski definition) is 0. The van der Waals surface area contributed by atoms with Crippen LogP contribution in [0.15, 0.2) is 24.3 Å². The lowest BCUT2D eigenvalue weighted by Gasteiger charge is -2.23. The van der Waals surface area contributed by atoms with Crippen molar-refractivity contribution in [1.29, 1.82) is 0 Å². The van der Waals surface area contributed by atoms with Gasteiger partial charge in [-0.2, -0.15) is 0 Å². The molecular weight excluding hydrogens is 256 g/mol. The molecule has 1 rings (SSSR count). The van der Waals surface area contributed by atoms with Gasteiger partial charge in [0.05, 0.1) is 8.65 Å². The Hall–Kier alpha value is 0.440. The van der Waals surface area contributed by atoms with E-state index in [-0.39, 0.29) is 8.65 Å². The first-order valence-corrected chi connectivity index (χ1v) is 4.79. The zero-order valence-corrected chi connectivity index (χ0v) is 9.24. The maximum atomic E-state index is 3.55. The third-order valence-corrected chi connectivity index (χ3v) is 2.53. The molecule has 1 aliphatic rings. The Kier molecular flexibility index (Phi) is 2.12. The number of alkyl halides is 2. The van der Waals surface area contributed by atoms with Crippen molar-refractivity contribution in [1.82, 2.24) is 0 Å². The van der Waals surface area contributed by atoms with Gasteiger partial charge in [0.1, 0.15) is 0 Å². The van der Waals surface area contributed by atoms with Crippen LogP contribution in [0.4, 0.5) is 0 Å². The summed E-state index contributed by atoms with van der Waals surface area (Å²) >= 11 is 7.10. The highest BCUT2D eigenvalue weighted by molar-refractivity contribution is 9.10. The molecule has 10 heavy (non-hydrogen) atoms. The molecule has 0 aliphatic heterocycles. The average Bonchev–Trinajstić information content (AvgIpc) is 1.79. The van der Waals surface area contributed by atoms with Gasteiger partial charge < -0.3 is 0 Å². The Morgan fingerprint density at radius 3 is 1.20 bits per heavy atom. The predicted molar refractivity (Wildman–Crippen MR) is 52.9 cm³/mol. The second-order valence-corrected chi connectivity index (χ2v) is 6.39. The minimum atomic E-state index is 0.0558. The Morgan fingerprint density at radius 2 is 1.00 bits per heavy atom. The molecule has 0 aromatic heterocycles. The van der Waals surface area contributed by atoms with Crippen molar-refractivity contribution >= 4 is 31.9 Å². The number of rotatable bonds is 0. The quantitative estimate of drug-likeness (QED) is 0.465. The molecule has 0 amide bonds. The van der Waals surface area contributed by atoms with Crippen molar-refractivity contribution in [3.8, 4) is 0 Å². The largest absolute Gasteiger partial charge is 0.0765 e. The summed E-state index contributed by atoms with van der Waals surface area (Å²) in [6.07, 6.45) is 8.56. The Morgan fingerprint density at radius 1 is 0.800 bits per heavy atom. The first-order chi connectivity index (χ1) is 4.41. The Labute approximate surface area is 78.6 Å². The summed E-state index contributed by atoms with van der Waals surface area (Å²) in [5, 5.41) is 0. The van der Waals surface area contributed by atoms with E-state index in [1.807, 2.05) is 0 Å². The summed E-state index contributed by atoms with van der Waals surface area (Å²) in [4.78, 5) is 0. The number of hydrogen-bond donors (Lipinski definition) is 0. The minimum absolute atomic E-state index is 0.0558. The summed E-state index contributed by atoms with van der Waals surface area (Å²) in [6.45, 7) is 4.23. The Bertz CT molecular complexity index is 149. The van der Waals surface area contributed by atoms with Gasteiger partial charge in [0, 0.05) is 0 Å². The van der Waals surface area contributed by atoms with Crippen molar-refractivity contribution in [2.24, 2.45) is 0 Å². The highest BCUT2D eigenvalue weighted by Gasteiger charge is 2.22. The third-order valence-electron chi connectivity index (χ3n) is 1.47. The molecule has 0 fully saturated rings. The van der Waals surface area contributed by atoms with Gasteiger partial charge >= 0.3 is 0 Å². The van der Waals surface area contributed by atoms with Crippen molar-refractivity contribution in [3.05, 3.63) is 24.3 Å².